The van der Waals surface area contributed by atoms with Gasteiger partial charge in [0.15, 0.2) is 0 Å². The number of Topliss-reactive ketones (excluding diaryl/α,β-unsaturated/α-hetero) is 1. The molecule has 4 heteroatoms. The number of nitriles is 1. The minimum Gasteiger partial charge on any atom is -0.384 e. The molecule has 2 atom stereocenters. The van der Waals surface area contributed by atoms with Crippen LogP contribution in [0.5, 0.6) is 0 Å². The van der Waals surface area contributed by atoms with E-state index in [9.17, 15) is 9.59 Å². The summed E-state index contributed by atoms with van der Waals surface area (Å²) in [6.45, 7) is 1.15. The summed E-state index contributed by atoms with van der Waals surface area (Å²) >= 11 is 0. The molecule has 4 nitrogen and oxygen atoms in total. The smallest absolute Gasteiger partial charge is 0.150 e. The van der Waals surface area contributed by atoms with Crippen LogP contribution in [0.25, 0.3) is 0 Å². The molecule has 0 spiro atoms. The summed E-state index contributed by atoms with van der Waals surface area (Å²) in [4.78, 5) is 20.3. The van der Waals surface area contributed by atoms with Crippen LogP contribution in [0.15, 0.2) is 0 Å². The van der Waals surface area contributed by atoms with Gasteiger partial charge in [0.2, 0.25) is 0 Å². The van der Waals surface area contributed by atoms with Crippen LogP contribution in [0.2, 0.25) is 0 Å². The molecular weight excluding hydrogens is 134 g/mol. The first-order valence-corrected chi connectivity index (χ1v) is 2.67. The second kappa shape index (κ2) is 3.75. The van der Waals surface area contributed by atoms with Gasteiger partial charge in [-0.1, -0.05) is 0 Å². The maximum Gasteiger partial charge on any atom is 0.150 e. The Hall–Kier alpha value is -1.21. The topological polar surface area (TPSA) is 78.2 Å². The van der Waals surface area contributed by atoms with Crippen molar-refractivity contribution in [2.45, 2.75) is 13.0 Å². The van der Waals surface area contributed by atoms with E-state index in [4.69, 9.17) is 10.4 Å². The molecule has 54 valence electrons. The third-order valence-electron chi connectivity index (χ3n) is 1.06. The summed E-state index contributed by atoms with van der Waals surface area (Å²) in [5.74, 6) is -1.71. The fourth-order valence-corrected chi connectivity index (χ4v) is 0.486. The highest BCUT2D eigenvalue weighted by Gasteiger charge is 2.22. The Kier molecular flexibility index (Phi) is 3.29. The van der Waals surface area contributed by atoms with Crippen molar-refractivity contribution in [3.8, 4) is 6.07 Å². The Morgan fingerprint density at radius 2 is 2.30 bits per heavy atom. The number of ketones is 1. The molecule has 0 heterocycles. The number of rotatable bonds is 3. The predicted molar refractivity (Wildman–Crippen MR) is 31.9 cm³/mol. The van der Waals surface area contributed by atoms with E-state index in [1.807, 2.05) is 0 Å². The molecule has 10 heavy (non-hydrogen) atoms. The van der Waals surface area contributed by atoms with Crippen LogP contribution in [-0.4, -0.2) is 23.3 Å². The number of aliphatic hydroxyl groups excluding tert-OH is 1. The van der Waals surface area contributed by atoms with Crippen LogP contribution >= 0.6 is 0 Å². The van der Waals surface area contributed by atoms with E-state index in [2.05, 4.69) is 0 Å². The van der Waals surface area contributed by atoms with Gasteiger partial charge >= 0.3 is 0 Å². The van der Waals surface area contributed by atoms with Gasteiger partial charge in [-0.15, -0.1) is 0 Å². The van der Waals surface area contributed by atoms with E-state index >= 15 is 0 Å². The van der Waals surface area contributed by atoms with Gasteiger partial charge in [0, 0.05) is 0 Å². The minimum absolute atomic E-state index is 0.176. The Labute approximate surface area is 58.1 Å². The molecule has 0 aromatic heterocycles. The number of nitrogens with zero attached hydrogens (tertiary/aromatic N) is 1. The Morgan fingerprint density at radius 1 is 1.80 bits per heavy atom. The summed E-state index contributed by atoms with van der Waals surface area (Å²) in [6, 6.07) is 1.52. The molecule has 0 aromatic carbocycles. The lowest BCUT2D eigenvalue weighted by Gasteiger charge is -2.04. The number of carbonyl (C=O) groups is 2. The predicted octanol–water partition coefficient (Wildman–Crippen LogP) is -0.725. The van der Waals surface area contributed by atoms with Gasteiger partial charge in [-0.25, -0.2) is 0 Å². The first-order valence-electron chi connectivity index (χ1n) is 2.67. The molecule has 2 unspecified atom stereocenters. The molecule has 0 rings (SSSR count). The van der Waals surface area contributed by atoms with Crippen LogP contribution in [0.1, 0.15) is 6.92 Å². The third-order valence-corrected chi connectivity index (χ3v) is 1.06. The SMILES string of the molecule is CC(=O)C(C#N)C(O)C=O. The highest BCUT2D eigenvalue weighted by Crippen LogP contribution is 2.00. The summed E-state index contributed by atoms with van der Waals surface area (Å²) in [6.07, 6.45) is -1.31. The van der Waals surface area contributed by atoms with Crippen molar-refractivity contribution in [3.05, 3.63) is 0 Å². The minimum atomic E-state index is -1.48. The number of hydrogen-bond acceptors (Lipinski definition) is 4. The van der Waals surface area contributed by atoms with Crippen molar-refractivity contribution in [2.75, 3.05) is 0 Å². The maximum absolute atomic E-state index is 10.4. The molecule has 0 aliphatic heterocycles. The van der Waals surface area contributed by atoms with Gasteiger partial charge in [0.05, 0.1) is 6.07 Å². The first kappa shape index (κ1) is 8.79. The third kappa shape index (κ3) is 1.96. The Balaban J connectivity index is 4.23. The van der Waals surface area contributed by atoms with E-state index in [0.717, 1.165) is 6.92 Å². The summed E-state index contributed by atoms with van der Waals surface area (Å²) in [7, 11) is 0. The number of aldehydes is 1. The number of carbonyl (C=O) groups excluding carboxylic acids is 2. The number of hydrogen-bond donors (Lipinski definition) is 1. The largest absolute Gasteiger partial charge is 0.384 e. The van der Waals surface area contributed by atoms with Crippen molar-refractivity contribution in [1.82, 2.24) is 0 Å². The van der Waals surface area contributed by atoms with Crippen LogP contribution in [0, 0.1) is 17.2 Å². The summed E-state index contributed by atoms with van der Waals surface area (Å²) in [5, 5.41) is 16.9. The molecule has 0 saturated carbocycles. The zero-order valence-corrected chi connectivity index (χ0v) is 5.44. The van der Waals surface area contributed by atoms with Crippen molar-refractivity contribution >= 4 is 12.1 Å². The molecule has 0 saturated heterocycles. The maximum atomic E-state index is 10.4. The zero-order chi connectivity index (χ0) is 8.15. The molecule has 0 amide bonds. The molecule has 0 radical (unpaired) electrons. The summed E-state index contributed by atoms with van der Waals surface area (Å²) < 4.78 is 0. The van der Waals surface area contributed by atoms with Crippen LogP contribution in [0.3, 0.4) is 0 Å². The lowest BCUT2D eigenvalue weighted by atomic mass is 10.0. The first-order chi connectivity index (χ1) is 4.63. The molecular formula is C6H7NO3. The van der Waals surface area contributed by atoms with E-state index < -0.39 is 17.8 Å². The quantitative estimate of drug-likeness (QED) is 0.526. The second-order valence-electron chi connectivity index (χ2n) is 1.84. The van der Waals surface area contributed by atoms with Crippen LogP contribution in [-0.2, 0) is 9.59 Å². The van der Waals surface area contributed by atoms with Gasteiger partial charge in [-0.3, -0.25) is 4.79 Å². The normalized spacial score (nSPS) is 14.9. The van der Waals surface area contributed by atoms with Crippen LogP contribution in [0.4, 0.5) is 0 Å². The molecule has 1 N–H and O–H groups in total. The lowest BCUT2D eigenvalue weighted by Crippen LogP contribution is -2.26. The van der Waals surface area contributed by atoms with Gasteiger partial charge in [-0.2, -0.15) is 5.26 Å². The van der Waals surface area contributed by atoms with Crippen molar-refractivity contribution < 1.29 is 14.7 Å². The van der Waals surface area contributed by atoms with Crippen molar-refractivity contribution in [3.63, 3.8) is 0 Å². The van der Waals surface area contributed by atoms with E-state index in [0.29, 0.717) is 0 Å². The molecule has 0 fully saturated rings. The van der Waals surface area contributed by atoms with E-state index in [1.165, 1.54) is 6.07 Å². The molecule has 0 aliphatic carbocycles. The van der Waals surface area contributed by atoms with E-state index in [1.54, 1.807) is 0 Å². The van der Waals surface area contributed by atoms with Gasteiger partial charge in [0.25, 0.3) is 0 Å². The van der Waals surface area contributed by atoms with Gasteiger partial charge in [-0.05, 0) is 6.92 Å². The Bertz CT molecular complexity index is 182. The van der Waals surface area contributed by atoms with Gasteiger partial charge in [0.1, 0.15) is 24.1 Å². The molecule has 0 bridgehead atoms. The zero-order valence-electron chi connectivity index (χ0n) is 5.44. The van der Waals surface area contributed by atoms with Gasteiger partial charge < -0.3 is 9.90 Å². The van der Waals surface area contributed by atoms with Crippen molar-refractivity contribution in [1.29, 1.82) is 5.26 Å². The number of aliphatic hydroxyl groups is 1. The average Bonchev–Trinajstić information content (AvgIpc) is 1.88. The Morgan fingerprint density at radius 3 is 2.40 bits per heavy atom. The lowest BCUT2D eigenvalue weighted by molar-refractivity contribution is -0.127. The molecule has 0 aromatic rings. The monoisotopic (exact) mass is 141 g/mol. The van der Waals surface area contributed by atoms with Crippen LogP contribution < -0.4 is 0 Å². The fraction of sp³-hybridized carbons (Fsp3) is 0.500. The summed E-state index contributed by atoms with van der Waals surface area (Å²) in [5.41, 5.74) is 0. The standard InChI is InChI=1S/C6H7NO3/c1-4(9)5(2-7)6(10)3-8/h3,5-6,10H,1H3. The fourth-order valence-electron chi connectivity index (χ4n) is 0.486. The second-order valence-corrected chi connectivity index (χ2v) is 1.84. The highest BCUT2D eigenvalue weighted by molar-refractivity contribution is 5.84. The molecule has 0 aliphatic rings. The van der Waals surface area contributed by atoms with Crippen molar-refractivity contribution in [2.24, 2.45) is 5.92 Å². The average molecular weight is 141 g/mol. The van der Waals surface area contributed by atoms with E-state index in [-0.39, 0.29) is 6.29 Å². The highest BCUT2D eigenvalue weighted by atomic mass is 16.3.